The van der Waals surface area contributed by atoms with Crippen LogP contribution in [-0.2, 0) is 4.74 Å². The lowest BCUT2D eigenvalue weighted by Crippen LogP contribution is -2.23. The maximum atomic E-state index is 11.4. The Labute approximate surface area is 81.5 Å². The van der Waals surface area contributed by atoms with E-state index in [2.05, 4.69) is 0 Å². The predicted molar refractivity (Wildman–Crippen MR) is 53.0 cm³/mol. The first-order chi connectivity index (χ1) is 6.15. The SMILES string of the molecule is Cc1ccsc1C(=O)OC(C)CN. The number of carbonyl (C=O) groups is 1. The molecule has 1 atom stereocenters. The van der Waals surface area contributed by atoms with Crippen molar-refractivity contribution in [2.75, 3.05) is 6.54 Å². The average molecular weight is 199 g/mol. The molecule has 1 heterocycles. The summed E-state index contributed by atoms with van der Waals surface area (Å²) >= 11 is 1.39. The summed E-state index contributed by atoms with van der Waals surface area (Å²) in [6.45, 7) is 4.03. The zero-order chi connectivity index (χ0) is 9.84. The molecule has 1 aromatic rings. The summed E-state index contributed by atoms with van der Waals surface area (Å²) in [5.74, 6) is -0.273. The molecule has 0 saturated carbocycles. The van der Waals surface area contributed by atoms with E-state index in [0.29, 0.717) is 11.4 Å². The van der Waals surface area contributed by atoms with Gasteiger partial charge in [0.15, 0.2) is 0 Å². The van der Waals surface area contributed by atoms with Crippen LogP contribution in [0.5, 0.6) is 0 Å². The van der Waals surface area contributed by atoms with Gasteiger partial charge in [0.05, 0.1) is 0 Å². The van der Waals surface area contributed by atoms with Gasteiger partial charge < -0.3 is 10.5 Å². The highest BCUT2D eigenvalue weighted by Crippen LogP contribution is 2.17. The van der Waals surface area contributed by atoms with Crippen LogP contribution in [0.15, 0.2) is 11.4 Å². The fourth-order valence-corrected chi connectivity index (χ4v) is 1.67. The topological polar surface area (TPSA) is 52.3 Å². The van der Waals surface area contributed by atoms with Gasteiger partial charge in [0.2, 0.25) is 0 Å². The van der Waals surface area contributed by atoms with Gasteiger partial charge in [-0.25, -0.2) is 4.79 Å². The second kappa shape index (κ2) is 4.39. The summed E-state index contributed by atoms with van der Waals surface area (Å²) in [4.78, 5) is 12.1. The molecule has 4 heteroatoms. The van der Waals surface area contributed by atoms with Gasteiger partial charge in [-0.1, -0.05) is 0 Å². The highest BCUT2D eigenvalue weighted by atomic mass is 32.1. The first-order valence-electron chi connectivity index (χ1n) is 4.10. The van der Waals surface area contributed by atoms with Crippen LogP contribution >= 0.6 is 11.3 Å². The molecule has 3 nitrogen and oxygen atoms in total. The smallest absolute Gasteiger partial charge is 0.348 e. The molecule has 0 radical (unpaired) electrons. The van der Waals surface area contributed by atoms with Crippen molar-refractivity contribution < 1.29 is 9.53 Å². The Morgan fingerprint density at radius 1 is 1.77 bits per heavy atom. The van der Waals surface area contributed by atoms with Crippen LogP contribution in [0.25, 0.3) is 0 Å². The number of thiophene rings is 1. The molecule has 2 N–H and O–H groups in total. The standard InChI is InChI=1S/C9H13NO2S/c1-6-3-4-13-8(6)9(11)12-7(2)5-10/h3-4,7H,5,10H2,1-2H3. The molecule has 0 aliphatic heterocycles. The molecule has 0 amide bonds. The van der Waals surface area contributed by atoms with E-state index in [-0.39, 0.29) is 12.1 Å². The zero-order valence-corrected chi connectivity index (χ0v) is 8.56. The van der Waals surface area contributed by atoms with Crippen molar-refractivity contribution in [1.82, 2.24) is 0 Å². The van der Waals surface area contributed by atoms with Gasteiger partial charge in [0.25, 0.3) is 0 Å². The van der Waals surface area contributed by atoms with Gasteiger partial charge in [-0.05, 0) is 30.9 Å². The number of hydrogen-bond acceptors (Lipinski definition) is 4. The van der Waals surface area contributed by atoms with Crippen LogP contribution in [0.3, 0.4) is 0 Å². The van der Waals surface area contributed by atoms with Gasteiger partial charge in [-0.2, -0.15) is 0 Å². The number of hydrogen-bond donors (Lipinski definition) is 1. The van der Waals surface area contributed by atoms with Crippen LogP contribution < -0.4 is 5.73 Å². The maximum absolute atomic E-state index is 11.4. The number of rotatable bonds is 3. The van der Waals surface area contributed by atoms with E-state index in [1.54, 1.807) is 6.92 Å². The van der Waals surface area contributed by atoms with Crippen molar-refractivity contribution >= 4 is 17.3 Å². The molecule has 1 aromatic heterocycles. The van der Waals surface area contributed by atoms with Crippen LogP contribution in [0.1, 0.15) is 22.2 Å². The fourth-order valence-electron chi connectivity index (χ4n) is 0.866. The summed E-state index contributed by atoms with van der Waals surface area (Å²) in [5, 5.41) is 1.87. The van der Waals surface area contributed by atoms with Crippen LogP contribution in [-0.4, -0.2) is 18.6 Å². The Morgan fingerprint density at radius 2 is 2.46 bits per heavy atom. The summed E-state index contributed by atoms with van der Waals surface area (Å²) in [5.41, 5.74) is 6.30. The lowest BCUT2D eigenvalue weighted by Gasteiger charge is -2.09. The minimum absolute atomic E-state index is 0.214. The maximum Gasteiger partial charge on any atom is 0.348 e. The van der Waals surface area contributed by atoms with Crippen molar-refractivity contribution in [2.24, 2.45) is 5.73 Å². The van der Waals surface area contributed by atoms with Crippen LogP contribution in [0, 0.1) is 6.92 Å². The third-order valence-corrected chi connectivity index (χ3v) is 2.68. The van der Waals surface area contributed by atoms with Crippen molar-refractivity contribution in [2.45, 2.75) is 20.0 Å². The molecule has 0 aliphatic rings. The van der Waals surface area contributed by atoms with Gasteiger partial charge in [-0.15, -0.1) is 11.3 Å². The predicted octanol–water partition coefficient (Wildman–Crippen LogP) is 1.56. The monoisotopic (exact) mass is 199 g/mol. The molecule has 0 fully saturated rings. The second-order valence-electron chi connectivity index (χ2n) is 2.88. The normalized spacial score (nSPS) is 12.5. The molecular formula is C9H13NO2S. The van der Waals surface area contributed by atoms with Gasteiger partial charge in [0.1, 0.15) is 11.0 Å². The number of nitrogens with two attached hydrogens (primary N) is 1. The van der Waals surface area contributed by atoms with E-state index in [1.165, 1.54) is 11.3 Å². The van der Waals surface area contributed by atoms with Crippen LogP contribution in [0.4, 0.5) is 0 Å². The number of aryl methyl sites for hydroxylation is 1. The van der Waals surface area contributed by atoms with Gasteiger partial charge >= 0.3 is 5.97 Å². The fraction of sp³-hybridized carbons (Fsp3) is 0.444. The van der Waals surface area contributed by atoms with Crippen molar-refractivity contribution in [3.8, 4) is 0 Å². The first kappa shape index (κ1) is 10.2. The first-order valence-corrected chi connectivity index (χ1v) is 4.98. The van der Waals surface area contributed by atoms with E-state index in [1.807, 2.05) is 18.4 Å². The molecule has 72 valence electrons. The number of ether oxygens (including phenoxy) is 1. The van der Waals surface area contributed by atoms with E-state index in [4.69, 9.17) is 10.5 Å². The van der Waals surface area contributed by atoms with E-state index in [0.717, 1.165) is 5.56 Å². The quantitative estimate of drug-likeness (QED) is 0.752. The molecule has 0 bridgehead atoms. The average Bonchev–Trinajstić information content (AvgIpc) is 2.51. The molecule has 0 aromatic carbocycles. The Balaban J connectivity index is 2.64. The third kappa shape index (κ3) is 2.54. The second-order valence-corrected chi connectivity index (χ2v) is 3.80. The lowest BCUT2D eigenvalue weighted by molar-refractivity contribution is 0.0364. The Bertz CT molecular complexity index is 296. The van der Waals surface area contributed by atoms with E-state index >= 15 is 0 Å². The van der Waals surface area contributed by atoms with E-state index in [9.17, 15) is 4.79 Å². The van der Waals surface area contributed by atoms with Crippen molar-refractivity contribution in [3.63, 3.8) is 0 Å². The Morgan fingerprint density at radius 3 is 2.92 bits per heavy atom. The summed E-state index contributed by atoms with van der Waals surface area (Å²) in [7, 11) is 0. The largest absolute Gasteiger partial charge is 0.457 e. The summed E-state index contributed by atoms with van der Waals surface area (Å²) in [6, 6.07) is 1.90. The third-order valence-electron chi connectivity index (χ3n) is 1.69. The van der Waals surface area contributed by atoms with E-state index < -0.39 is 0 Å². The number of carbonyl (C=O) groups excluding carboxylic acids is 1. The molecule has 1 rings (SSSR count). The minimum atomic E-state index is -0.273. The highest BCUT2D eigenvalue weighted by Gasteiger charge is 2.14. The van der Waals surface area contributed by atoms with Crippen molar-refractivity contribution in [3.05, 3.63) is 21.9 Å². The molecule has 0 spiro atoms. The minimum Gasteiger partial charge on any atom is -0.457 e. The van der Waals surface area contributed by atoms with Crippen LogP contribution in [0.2, 0.25) is 0 Å². The lowest BCUT2D eigenvalue weighted by atomic mass is 10.3. The summed E-state index contributed by atoms with van der Waals surface area (Å²) < 4.78 is 5.07. The Kier molecular flexibility index (Phi) is 3.45. The molecular weight excluding hydrogens is 186 g/mol. The number of esters is 1. The Hall–Kier alpha value is -0.870. The zero-order valence-electron chi connectivity index (χ0n) is 7.74. The highest BCUT2D eigenvalue weighted by molar-refractivity contribution is 7.12. The molecule has 0 saturated heterocycles. The summed E-state index contributed by atoms with van der Waals surface area (Å²) in [6.07, 6.45) is -0.214. The molecule has 13 heavy (non-hydrogen) atoms. The molecule has 0 aliphatic carbocycles. The van der Waals surface area contributed by atoms with Crippen molar-refractivity contribution in [1.29, 1.82) is 0 Å². The van der Waals surface area contributed by atoms with Gasteiger partial charge in [-0.3, -0.25) is 0 Å². The molecule has 1 unspecified atom stereocenters. The van der Waals surface area contributed by atoms with Gasteiger partial charge in [0, 0.05) is 6.54 Å².